The smallest absolute Gasteiger partial charge is 0.0581 e. The summed E-state index contributed by atoms with van der Waals surface area (Å²) in [5.74, 6) is 1.02. The van der Waals surface area contributed by atoms with Crippen LogP contribution in [-0.4, -0.2) is 25.3 Å². The Morgan fingerprint density at radius 2 is 1.90 bits per heavy atom. The molecule has 21 heavy (non-hydrogen) atoms. The van der Waals surface area contributed by atoms with Gasteiger partial charge in [-0.25, -0.2) is 0 Å². The van der Waals surface area contributed by atoms with Crippen molar-refractivity contribution in [2.45, 2.75) is 96.1 Å². The molecule has 2 aliphatic carbocycles. The zero-order chi connectivity index (χ0) is 14.5. The second-order valence-electron chi connectivity index (χ2n) is 8.08. The zero-order valence-electron chi connectivity index (χ0n) is 14.0. The number of hydrogen-bond donors (Lipinski definition) is 1. The second-order valence-corrected chi connectivity index (χ2v) is 8.08. The molecule has 0 radical (unpaired) electrons. The first-order chi connectivity index (χ1) is 10.3. The van der Waals surface area contributed by atoms with Gasteiger partial charge in [-0.05, 0) is 69.1 Å². The number of ether oxygens (including phenoxy) is 1. The van der Waals surface area contributed by atoms with Crippen LogP contribution in [0.15, 0.2) is 0 Å². The third-order valence-corrected chi connectivity index (χ3v) is 6.16. The number of nitrogens with one attached hydrogen (secondary N) is 1. The van der Waals surface area contributed by atoms with Crippen LogP contribution in [0.25, 0.3) is 0 Å². The maximum atomic E-state index is 5.97. The van der Waals surface area contributed by atoms with E-state index in [0.717, 1.165) is 18.6 Å². The summed E-state index contributed by atoms with van der Waals surface area (Å²) >= 11 is 0. The van der Waals surface area contributed by atoms with Crippen LogP contribution in [0.4, 0.5) is 0 Å². The van der Waals surface area contributed by atoms with Crippen molar-refractivity contribution in [2.75, 3.05) is 13.2 Å². The average Bonchev–Trinajstić information content (AvgIpc) is 3.21. The Bertz CT molecular complexity index is 299. The first kappa shape index (κ1) is 15.8. The van der Waals surface area contributed by atoms with Gasteiger partial charge in [0, 0.05) is 19.2 Å². The standard InChI is InChI=1S/C19H35NO/c1-2-3-5-16-9-11-19(12-10-16,15-20-17-7-8-17)14-18-6-4-13-21-18/h16-18,20H,2-15H2,1H3. The van der Waals surface area contributed by atoms with Gasteiger partial charge in [0.25, 0.3) is 0 Å². The summed E-state index contributed by atoms with van der Waals surface area (Å²) in [5, 5.41) is 3.84. The maximum Gasteiger partial charge on any atom is 0.0581 e. The van der Waals surface area contributed by atoms with Crippen LogP contribution in [0, 0.1) is 11.3 Å². The molecule has 2 heteroatoms. The van der Waals surface area contributed by atoms with Gasteiger partial charge in [-0.1, -0.05) is 26.2 Å². The SMILES string of the molecule is CCCCC1CCC(CNC2CC2)(CC2CCCO2)CC1. The van der Waals surface area contributed by atoms with E-state index in [0.29, 0.717) is 11.5 Å². The molecule has 1 N–H and O–H groups in total. The molecule has 0 amide bonds. The minimum Gasteiger partial charge on any atom is -0.378 e. The summed E-state index contributed by atoms with van der Waals surface area (Å²) in [4.78, 5) is 0. The van der Waals surface area contributed by atoms with Crippen molar-refractivity contribution in [3.63, 3.8) is 0 Å². The molecule has 2 saturated carbocycles. The van der Waals surface area contributed by atoms with Gasteiger partial charge in [-0.3, -0.25) is 0 Å². The molecule has 122 valence electrons. The topological polar surface area (TPSA) is 21.3 Å². The quantitative estimate of drug-likeness (QED) is 0.702. The van der Waals surface area contributed by atoms with Gasteiger partial charge in [0.2, 0.25) is 0 Å². The third-order valence-electron chi connectivity index (χ3n) is 6.16. The fourth-order valence-electron chi connectivity index (χ4n) is 4.46. The lowest BCUT2D eigenvalue weighted by molar-refractivity contribution is 0.0333. The van der Waals surface area contributed by atoms with Crippen molar-refractivity contribution in [1.82, 2.24) is 5.32 Å². The summed E-state index contributed by atoms with van der Waals surface area (Å²) in [7, 11) is 0. The highest BCUT2D eigenvalue weighted by molar-refractivity contribution is 4.93. The molecule has 3 fully saturated rings. The minimum absolute atomic E-state index is 0.556. The Labute approximate surface area is 131 Å². The summed E-state index contributed by atoms with van der Waals surface area (Å²) < 4.78 is 5.97. The van der Waals surface area contributed by atoms with Crippen molar-refractivity contribution < 1.29 is 4.74 Å². The molecular weight excluding hydrogens is 258 g/mol. The molecule has 1 aliphatic heterocycles. The van der Waals surface area contributed by atoms with Crippen LogP contribution < -0.4 is 5.32 Å². The fraction of sp³-hybridized carbons (Fsp3) is 1.00. The van der Waals surface area contributed by atoms with Gasteiger partial charge in [0.15, 0.2) is 0 Å². The van der Waals surface area contributed by atoms with Gasteiger partial charge in [0.1, 0.15) is 0 Å². The molecule has 1 heterocycles. The van der Waals surface area contributed by atoms with Crippen molar-refractivity contribution >= 4 is 0 Å². The molecule has 1 saturated heterocycles. The van der Waals surface area contributed by atoms with Gasteiger partial charge in [-0.2, -0.15) is 0 Å². The summed E-state index contributed by atoms with van der Waals surface area (Å²) in [6.45, 7) is 4.60. The van der Waals surface area contributed by atoms with E-state index in [4.69, 9.17) is 4.74 Å². The number of hydrogen-bond acceptors (Lipinski definition) is 2. The summed E-state index contributed by atoms with van der Waals surface area (Å²) in [6.07, 6.45) is 17.4. The third kappa shape index (κ3) is 4.69. The highest BCUT2D eigenvalue weighted by atomic mass is 16.5. The highest BCUT2D eigenvalue weighted by Gasteiger charge is 2.39. The molecule has 0 aromatic heterocycles. The molecule has 0 bridgehead atoms. The van der Waals surface area contributed by atoms with Crippen LogP contribution in [0.5, 0.6) is 0 Å². The van der Waals surface area contributed by atoms with E-state index in [1.165, 1.54) is 83.6 Å². The summed E-state index contributed by atoms with van der Waals surface area (Å²) in [6, 6.07) is 0.851. The van der Waals surface area contributed by atoms with E-state index in [9.17, 15) is 0 Å². The molecule has 3 aliphatic rings. The van der Waals surface area contributed by atoms with Crippen LogP contribution in [0.1, 0.15) is 84.0 Å². The van der Waals surface area contributed by atoms with Crippen molar-refractivity contribution in [2.24, 2.45) is 11.3 Å². The van der Waals surface area contributed by atoms with E-state index in [2.05, 4.69) is 12.2 Å². The monoisotopic (exact) mass is 293 g/mol. The van der Waals surface area contributed by atoms with Crippen LogP contribution in [0.3, 0.4) is 0 Å². The summed E-state index contributed by atoms with van der Waals surface area (Å²) in [5.41, 5.74) is 0.556. The minimum atomic E-state index is 0.556. The first-order valence-electron chi connectivity index (χ1n) is 9.65. The predicted molar refractivity (Wildman–Crippen MR) is 88.5 cm³/mol. The maximum absolute atomic E-state index is 5.97. The molecule has 2 nitrogen and oxygen atoms in total. The van der Waals surface area contributed by atoms with Crippen LogP contribution in [-0.2, 0) is 4.74 Å². The van der Waals surface area contributed by atoms with Gasteiger partial charge in [-0.15, -0.1) is 0 Å². The zero-order valence-corrected chi connectivity index (χ0v) is 14.0. The molecular formula is C19H35NO. The second kappa shape index (κ2) is 7.46. The van der Waals surface area contributed by atoms with Gasteiger partial charge in [0.05, 0.1) is 6.10 Å². The predicted octanol–water partition coefficient (Wildman–Crippen LogP) is 4.67. The van der Waals surface area contributed by atoms with E-state index in [1.807, 2.05) is 0 Å². The van der Waals surface area contributed by atoms with Crippen LogP contribution >= 0.6 is 0 Å². The van der Waals surface area contributed by atoms with Crippen molar-refractivity contribution in [3.8, 4) is 0 Å². The average molecular weight is 293 g/mol. The van der Waals surface area contributed by atoms with E-state index in [-0.39, 0.29) is 0 Å². The lowest BCUT2D eigenvalue weighted by Gasteiger charge is -2.42. The largest absolute Gasteiger partial charge is 0.378 e. The van der Waals surface area contributed by atoms with E-state index >= 15 is 0 Å². The normalized spacial score (nSPS) is 37.0. The van der Waals surface area contributed by atoms with Gasteiger partial charge < -0.3 is 10.1 Å². The van der Waals surface area contributed by atoms with Crippen molar-refractivity contribution in [3.05, 3.63) is 0 Å². The molecule has 3 rings (SSSR count). The Morgan fingerprint density at radius 3 is 2.52 bits per heavy atom. The number of rotatable bonds is 8. The first-order valence-corrected chi connectivity index (χ1v) is 9.65. The lowest BCUT2D eigenvalue weighted by Crippen LogP contribution is -2.41. The van der Waals surface area contributed by atoms with Gasteiger partial charge >= 0.3 is 0 Å². The molecule has 1 atom stereocenters. The highest BCUT2D eigenvalue weighted by Crippen LogP contribution is 2.45. The lowest BCUT2D eigenvalue weighted by atomic mass is 9.66. The molecule has 0 aromatic rings. The Morgan fingerprint density at radius 1 is 1.10 bits per heavy atom. The van der Waals surface area contributed by atoms with Crippen molar-refractivity contribution in [1.29, 1.82) is 0 Å². The Kier molecular flexibility index (Phi) is 5.61. The number of unbranched alkanes of at least 4 members (excludes halogenated alkanes) is 1. The fourth-order valence-corrected chi connectivity index (χ4v) is 4.46. The Balaban J connectivity index is 1.51. The molecule has 0 aromatic carbocycles. The molecule has 0 spiro atoms. The van der Waals surface area contributed by atoms with E-state index < -0.39 is 0 Å². The van der Waals surface area contributed by atoms with E-state index in [1.54, 1.807) is 0 Å². The van der Waals surface area contributed by atoms with Crippen LogP contribution in [0.2, 0.25) is 0 Å². The Hall–Kier alpha value is -0.0800. The molecule has 1 unspecified atom stereocenters.